The van der Waals surface area contributed by atoms with E-state index < -0.39 is 96.2 Å². The summed E-state index contributed by atoms with van der Waals surface area (Å²) in [6, 6.07) is 20.2. The van der Waals surface area contributed by atoms with E-state index in [1.807, 2.05) is 53.9 Å². The van der Waals surface area contributed by atoms with Crippen LogP contribution in [0, 0.1) is 0 Å². The molecule has 0 aliphatic rings. The summed E-state index contributed by atoms with van der Waals surface area (Å²) >= 11 is 0. The first kappa shape index (κ1) is 53.7. The molecule has 6 atom stereocenters. The first-order valence-corrected chi connectivity index (χ1v) is 20.8. The number of aliphatic hydroxyl groups is 1. The van der Waals surface area contributed by atoms with E-state index in [4.69, 9.17) is 57.3 Å². The van der Waals surface area contributed by atoms with Crippen molar-refractivity contribution < 1.29 is 33.9 Å². The zero-order valence-electron chi connectivity index (χ0n) is 38.2. The van der Waals surface area contributed by atoms with Gasteiger partial charge in [0, 0.05) is 37.9 Å². The number of fused-ring (bicyclic) bond motifs is 1. The number of benzene rings is 3. The predicted octanol–water partition coefficient (Wildman–Crippen LogP) is -6.07. The van der Waals surface area contributed by atoms with Crippen molar-refractivity contribution in [1.29, 1.82) is 0 Å². The van der Waals surface area contributed by atoms with Crippen LogP contribution in [0.15, 0.2) is 111 Å². The summed E-state index contributed by atoms with van der Waals surface area (Å²) < 4.78 is 0. The normalized spacial score (nSPS) is 13.3. The monoisotopic (exact) mass is 980 g/mol. The van der Waals surface area contributed by atoms with Gasteiger partial charge in [-0.1, -0.05) is 54.6 Å². The molecule has 26 N–H and O–H groups in total. The zero-order chi connectivity index (χ0) is 52.5. The minimum Gasteiger partial charge on any atom is -0.396 e. The SMILES string of the molecule is CN(C)c1ccc(C=CCN(c2ccc3ncccc3c2N)C(O)C(=O)NC(C(=O)NC(N=C(N)N)C(=O)NC(N=C(N)N)C(=O)NC(N=C(N)N)C(=O)NC(N=C(N)N)C(N)=O)c2ccccc2)cc1. The molecule has 29 nitrogen and oxygen atoms in total. The minimum atomic E-state index is -2.15. The summed E-state index contributed by atoms with van der Waals surface area (Å²) in [5.41, 5.74) is 58.6. The fourth-order valence-electron chi connectivity index (χ4n) is 6.33. The summed E-state index contributed by atoms with van der Waals surface area (Å²) in [7, 11) is 3.82. The fourth-order valence-corrected chi connectivity index (χ4v) is 6.33. The predicted molar refractivity (Wildman–Crippen MR) is 267 cm³/mol. The highest BCUT2D eigenvalue weighted by atomic mass is 16.3. The molecule has 0 aliphatic heterocycles. The average Bonchev–Trinajstić information content (AvgIpc) is 3.31. The standard InChI is InChI=1S/C42H56N22O7/c1-63(2)22-14-12-20(13-15-22)8-7-19-64(25-17-16-24-23(26(25)43)11-6-18-53-24)38(71)37(70)54-27(21-9-4-3-5-10-21)33(66)56-30(60-40(47)48)35(68)58-32(62-42(51)52)36(69)57-31(61-41(49)50)34(67)55-29(28(44)65)59-39(45)46/h3-18,27,29-32,38,71H,19,43H2,1-2H3,(H2,44,65)(H,54,70)(H,55,67)(H,56,66)(H,57,69)(H,58,68)(H4,45,46,59)(H4,47,48,60)(H4,49,50,61)(H4,51,52,62). The summed E-state index contributed by atoms with van der Waals surface area (Å²) in [6.07, 6.45) is -5.12. The number of aliphatic imine (C=N–C) groups is 4. The van der Waals surface area contributed by atoms with E-state index in [1.165, 1.54) is 17.0 Å². The highest BCUT2D eigenvalue weighted by Crippen LogP contribution is 2.32. The maximum atomic E-state index is 14.3. The lowest BCUT2D eigenvalue weighted by Gasteiger charge is -2.31. The molecule has 71 heavy (non-hydrogen) atoms. The van der Waals surface area contributed by atoms with Crippen molar-refractivity contribution in [2.75, 3.05) is 36.2 Å². The van der Waals surface area contributed by atoms with Crippen molar-refractivity contribution >= 4 is 93.3 Å². The van der Waals surface area contributed by atoms with Crippen LogP contribution in [0.4, 0.5) is 17.1 Å². The molecular formula is C42H56N22O7. The number of anilines is 3. The van der Waals surface area contributed by atoms with E-state index in [0.717, 1.165) is 11.3 Å². The molecule has 1 heterocycles. The summed E-state index contributed by atoms with van der Waals surface area (Å²) in [5.74, 6) is -10.4. The number of carbonyl (C=O) groups is 6. The van der Waals surface area contributed by atoms with E-state index in [-0.39, 0.29) is 23.5 Å². The smallest absolute Gasteiger partial charge is 0.270 e. The number of nitrogens with one attached hydrogen (secondary N) is 5. The second-order valence-electron chi connectivity index (χ2n) is 15.1. The number of rotatable bonds is 22. The molecule has 6 unspecified atom stereocenters. The molecule has 0 aliphatic carbocycles. The molecule has 4 aromatic rings. The zero-order valence-corrected chi connectivity index (χ0v) is 38.2. The second-order valence-corrected chi connectivity index (χ2v) is 15.1. The summed E-state index contributed by atoms with van der Waals surface area (Å²) in [4.78, 5) is 103. The topological polar surface area (TPSA) is 512 Å². The lowest BCUT2D eigenvalue weighted by molar-refractivity contribution is -0.136. The summed E-state index contributed by atoms with van der Waals surface area (Å²) in [6.45, 7) is -0.0807. The Hall–Kier alpha value is -9.93. The van der Waals surface area contributed by atoms with Gasteiger partial charge in [-0.3, -0.25) is 33.8 Å². The number of amides is 6. The number of nitrogen functional groups attached to an aromatic ring is 1. The highest BCUT2D eigenvalue weighted by Gasteiger charge is 2.35. The van der Waals surface area contributed by atoms with Gasteiger partial charge in [-0.25, -0.2) is 20.0 Å². The van der Waals surface area contributed by atoms with Crippen molar-refractivity contribution in [3.05, 3.63) is 102 Å². The third-order valence-electron chi connectivity index (χ3n) is 9.59. The van der Waals surface area contributed by atoms with E-state index in [2.05, 4.69) is 40.9 Å². The number of aromatic nitrogens is 1. The number of hydrogen-bond acceptors (Lipinski definition) is 15. The van der Waals surface area contributed by atoms with Gasteiger partial charge in [0.05, 0.1) is 16.9 Å². The van der Waals surface area contributed by atoms with Crippen LogP contribution >= 0.6 is 0 Å². The quantitative estimate of drug-likeness (QED) is 0.0151. The van der Waals surface area contributed by atoms with E-state index in [1.54, 1.807) is 60.8 Å². The fraction of sp³-hybridized carbons (Fsp3) is 0.214. The first-order chi connectivity index (χ1) is 33.6. The molecule has 4 rings (SSSR count). The lowest BCUT2D eigenvalue weighted by Crippen LogP contribution is -2.58. The van der Waals surface area contributed by atoms with E-state index >= 15 is 0 Å². The molecule has 0 spiro atoms. The van der Waals surface area contributed by atoms with E-state index in [0.29, 0.717) is 10.9 Å². The molecule has 6 amide bonds. The van der Waals surface area contributed by atoms with Crippen molar-refractivity contribution in [2.45, 2.75) is 36.9 Å². The third-order valence-corrected chi connectivity index (χ3v) is 9.59. The van der Waals surface area contributed by atoms with Crippen LogP contribution in [0.5, 0.6) is 0 Å². The molecule has 0 saturated heterocycles. The number of aliphatic hydroxyl groups excluding tert-OH is 1. The molecular weight excluding hydrogens is 925 g/mol. The molecule has 29 heteroatoms. The number of pyridine rings is 1. The maximum Gasteiger partial charge on any atom is 0.270 e. The molecule has 0 saturated carbocycles. The Kier molecular flexibility index (Phi) is 18.7. The first-order valence-electron chi connectivity index (χ1n) is 20.8. The number of carbonyl (C=O) groups excluding carboxylic acids is 6. The number of hydrogen-bond donors (Lipinski definition) is 16. The van der Waals surface area contributed by atoms with Crippen LogP contribution in [-0.2, 0) is 28.8 Å². The number of primary amides is 1. The largest absolute Gasteiger partial charge is 0.396 e. The van der Waals surface area contributed by atoms with Crippen LogP contribution < -0.4 is 93.7 Å². The van der Waals surface area contributed by atoms with E-state index in [9.17, 15) is 33.9 Å². The van der Waals surface area contributed by atoms with Crippen LogP contribution in [0.3, 0.4) is 0 Å². The van der Waals surface area contributed by atoms with Gasteiger partial charge in [0.25, 0.3) is 29.5 Å². The molecule has 1 aromatic heterocycles. The van der Waals surface area contributed by atoms with Gasteiger partial charge in [0.1, 0.15) is 6.04 Å². The Bertz CT molecular complexity index is 2710. The van der Waals surface area contributed by atoms with Crippen molar-refractivity contribution in [1.82, 2.24) is 31.6 Å². The Morgan fingerprint density at radius 2 is 1.10 bits per heavy atom. The van der Waals surface area contributed by atoms with Gasteiger partial charge < -0.3 is 98.8 Å². The Labute approximate surface area is 404 Å². The number of guanidine groups is 4. The number of nitrogens with two attached hydrogens (primary N) is 10. The van der Waals surface area contributed by atoms with Crippen molar-refractivity contribution in [3.63, 3.8) is 0 Å². The lowest BCUT2D eigenvalue weighted by atomic mass is 10.1. The third kappa shape index (κ3) is 15.6. The van der Waals surface area contributed by atoms with Crippen molar-refractivity contribution in [2.24, 2.45) is 71.6 Å². The molecule has 376 valence electrons. The Balaban J connectivity index is 1.64. The van der Waals surface area contributed by atoms with Gasteiger partial charge in [-0.2, -0.15) is 0 Å². The molecule has 3 aromatic carbocycles. The van der Waals surface area contributed by atoms with Gasteiger partial charge in [-0.05, 0) is 47.5 Å². The highest BCUT2D eigenvalue weighted by molar-refractivity contribution is 6.01. The van der Waals surface area contributed by atoms with Crippen LogP contribution in [0.2, 0.25) is 0 Å². The van der Waals surface area contributed by atoms with Crippen LogP contribution in [-0.4, -0.2) is 121 Å². The molecule has 0 fully saturated rings. The van der Waals surface area contributed by atoms with Gasteiger partial charge >= 0.3 is 0 Å². The maximum absolute atomic E-state index is 14.3. The van der Waals surface area contributed by atoms with Crippen molar-refractivity contribution in [3.8, 4) is 0 Å². The molecule has 0 bridgehead atoms. The Morgan fingerprint density at radius 1 is 0.606 bits per heavy atom. The second kappa shape index (κ2) is 24.7. The Morgan fingerprint density at radius 3 is 1.59 bits per heavy atom. The summed E-state index contributed by atoms with van der Waals surface area (Å²) in [5, 5.41) is 23.4. The van der Waals surface area contributed by atoms with Gasteiger partial charge in [0.2, 0.25) is 36.8 Å². The van der Waals surface area contributed by atoms with Gasteiger partial charge in [0.15, 0.2) is 23.8 Å². The average molecular weight is 981 g/mol. The van der Waals surface area contributed by atoms with Gasteiger partial charge in [-0.15, -0.1) is 0 Å². The van der Waals surface area contributed by atoms with Crippen LogP contribution in [0.25, 0.3) is 17.0 Å². The molecule has 0 radical (unpaired) electrons. The number of nitrogens with zero attached hydrogens (tertiary/aromatic N) is 7. The minimum absolute atomic E-state index is 0.0807. The van der Waals surface area contributed by atoms with Crippen LogP contribution in [0.1, 0.15) is 17.2 Å².